The molecule has 0 radical (unpaired) electrons. The lowest BCUT2D eigenvalue weighted by atomic mass is 10.2. The van der Waals surface area contributed by atoms with Crippen molar-refractivity contribution in [3.8, 4) is 0 Å². The first-order chi connectivity index (χ1) is 7.50. The maximum atomic E-state index is 11.9. The van der Waals surface area contributed by atoms with E-state index in [1.807, 2.05) is 36.7 Å². The van der Waals surface area contributed by atoms with Gasteiger partial charge in [-0.25, -0.2) is 4.98 Å². The number of fused-ring (bicyclic) bond motifs is 1. The second-order valence-electron chi connectivity index (χ2n) is 4.20. The number of aromatic nitrogens is 2. The van der Waals surface area contributed by atoms with Crippen molar-refractivity contribution < 1.29 is 4.79 Å². The van der Waals surface area contributed by atoms with Crippen molar-refractivity contribution in [1.82, 2.24) is 14.3 Å². The molecule has 0 spiro atoms. The van der Waals surface area contributed by atoms with Crippen LogP contribution in [0.1, 0.15) is 21.6 Å². The molecule has 2 rings (SSSR count). The van der Waals surface area contributed by atoms with Crippen molar-refractivity contribution >= 4 is 11.6 Å². The minimum absolute atomic E-state index is 0.0121. The Balaban J connectivity index is 2.65. The summed E-state index contributed by atoms with van der Waals surface area (Å²) in [5, 5.41) is 0. The van der Waals surface area contributed by atoms with Gasteiger partial charge in [-0.05, 0) is 25.5 Å². The Morgan fingerprint density at radius 2 is 2.06 bits per heavy atom. The van der Waals surface area contributed by atoms with Gasteiger partial charge in [-0.1, -0.05) is 0 Å². The molecular weight excluding hydrogens is 202 g/mol. The molecule has 0 bridgehead atoms. The number of rotatable bonds is 1. The van der Waals surface area contributed by atoms with E-state index in [2.05, 4.69) is 4.98 Å². The van der Waals surface area contributed by atoms with E-state index in [4.69, 9.17) is 0 Å². The van der Waals surface area contributed by atoms with Gasteiger partial charge in [-0.2, -0.15) is 0 Å². The molecule has 0 unspecified atom stereocenters. The van der Waals surface area contributed by atoms with Gasteiger partial charge in [0.05, 0.1) is 5.56 Å². The van der Waals surface area contributed by atoms with Crippen molar-refractivity contribution in [3.63, 3.8) is 0 Å². The fourth-order valence-corrected chi connectivity index (χ4v) is 1.75. The van der Waals surface area contributed by atoms with Gasteiger partial charge < -0.3 is 9.30 Å². The molecule has 2 heterocycles. The third-order valence-corrected chi connectivity index (χ3v) is 2.63. The first kappa shape index (κ1) is 10.7. The van der Waals surface area contributed by atoms with E-state index in [1.165, 1.54) is 0 Å². The third-order valence-electron chi connectivity index (χ3n) is 2.63. The lowest BCUT2D eigenvalue weighted by Crippen LogP contribution is -2.22. The van der Waals surface area contributed by atoms with E-state index >= 15 is 0 Å². The topological polar surface area (TPSA) is 37.6 Å². The molecular formula is C12H15N3O. The summed E-state index contributed by atoms with van der Waals surface area (Å²) >= 11 is 0. The van der Waals surface area contributed by atoms with Gasteiger partial charge in [0.2, 0.25) is 0 Å². The van der Waals surface area contributed by atoms with Crippen LogP contribution in [0.5, 0.6) is 0 Å². The van der Waals surface area contributed by atoms with E-state index in [9.17, 15) is 4.79 Å². The number of aryl methyl sites for hydroxylation is 2. The predicted octanol–water partition coefficient (Wildman–Crippen LogP) is 1.65. The van der Waals surface area contributed by atoms with Crippen molar-refractivity contribution in [1.29, 1.82) is 0 Å². The zero-order valence-electron chi connectivity index (χ0n) is 9.98. The molecule has 4 nitrogen and oxygen atoms in total. The number of imidazole rings is 1. The van der Waals surface area contributed by atoms with Crippen LogP contribution in [0.4, 0.5) is 0 Å². The van der Waals surface area contributed by atoms with Gasteiger partial charge >= 0.3 is 0 Å². The van der Waals surface area contributed by atoms with Crippen LogP contribution in [0, 0.1) is 13.8 Å². The number of pyridine rings is 1. The van der Waals surface area contributed by atoms with E-state index in [0.29, 0.717) is 5.56 Å². The average molecular weight is 217 g/mol. The van der Waals surface area contributed by atoms with Gasteiger partial charge in [0, 0.05) is 32.2 Å². The van der Waals surface area contributed by atoms with Crippen LogP contribution in [-0.2, 0) is 0 Å². The molecule has 0 N–H and O–H groups in total. The summed E-state index contributed by atoms with van der Waals surface area (Å²) in [6.07, 6.45) is 3.65. The molecule has 2 aromatic heterocycles. The highest BCUT2D eigenvalue weighted by molar-refractivity contribution is 5.94. The molecule has 4 heteroatoms. The Hall–Kier alpha value is -1.84. The van der Waals surface area contributed by atoms with Crippen molar-refractivity contribution in [3.05, 3.63) is 35.3 Å². The van der Waals surface area contributed by atoms with Gasteiger partial charge in [0.15, 0.2) is 0 Å². The highest BCUT2D eigenvalue weighted by atomic mass is 16.2. The molecule has 0 aliphatic rings. The first-order valence-electron chi connectivity index (χ1n) is 5.16. The lowest BCUT2D eigenvalue weighted by molar-refractivity contribution is 0.0827. The number of hydrogen-bond donors (Lipinski definition) is 0. The summed E-state index contributed by atoms with van der Waals surface area (Å²) in [4.78, 5) is 17.7. The molecule has 0 atom stereocenters. The SMILES string of the molecule is Cc1cc(C(=O)N(C)C)cn2c(C)cnc12. The van der Waals surface area contributed by atoms with Crippen LogP contribution in [0.2, 0.25) is 0 Å². The van der Waals surface area contributed by atoms with Gasteiger partial charge in [0.25, 0.3) is 5.91 Å². The van der Waals surface area contributed by atoms with Crippen LogP contribution in [-0.4, -0.2) is 34.3 Å². The Labute approximate surface area is 94.5 Å². The number of carbonyl (C=O) groups excluding carboxylic acids is 1. The molecule has 0 aliphatic heterocycles. The molecule has 0 saturated heterocycles. The Morgan fingerprint density at radius 1 is 1.38 bits per heavy atom. The zero-order valence-corrected chi connectivity index (χ0v) is 9.98. The Bertz CT molecular complexity index is 555. The molecule has 0 aliphatic carbocycles. The largest absolute Gasteiger partial charge is 0.345 e. The highest BCUT2D eigenvalue weighted by Gasteiger charge is 2.11. The summed E-state index contributed by atoms with van der Waals surface area (Å²) < 4.78 is 1.95. The maximum Gasteiger partial charge on any atom is 0.254 e. The third kappa shape index (κ3) is 1.56. The molecule has 1 amide bonds. The summed E-state index contributed by atoms with van der Waals surface area (Å²) in [6, 6.07) is 1.88. The Morgan fingerprint density at radius 3 is 2.69 bits per heavy atom. The summed E-state index contributed by atoms with van der Waals surface area (Å²) in [5.41, 5.74) is 3.65. The molecule has 16 heavy (non-hydrogen) atoms. The standard InChI is InChI=1S/C12H15N3O/c1-8-5-10(12(16)14(3)4)7-15-9(2)6-13-11(8)15/h5-7H,1-4H3. The normalized spacial score (nSPS) is 10.8. The van der Waals surface area contributed by atoms with Crippen LogP contribution in [0.25, 0.3) is 5.65 Å². The van der Waals surface area contributed by atoms with Gasteiger partial charge in [-0.3, -0.25) is 4.79 Å². The van der Waals surface area contributed by atoms with Gasteiger partial charge in [0.1, 0.15) is 5.65 Å². The molecule has 2 aromatic rings. The molecule has 0 saturated carbocycles. The minimum atomic E-state index is 0.0121. The van der Waals surface area contributed by atoms with Crippen LogP contribution >= 0.6 is 0 Å². The van der Waals surface area contributed by atoms with Crippen molar-refractivity contribution in [2.75, 3.05) is 14.1 Å². The second-order valence-corrected chi connectivity index (χ2v) is 4.20. The van der Waals surface area contributed by atoms with Crippen LogP contribution in [0.15, 0.2) is 18.5 Å². The highest BCUT2D eigenvalue weighted by Crippen LogP contribution is 2.14. The van der Waals surface area contributed by atoms with Gasteiger partial charge in [-0.15, -0.1) is 0 Å². The second kappa shape index (κ2) is 3.63. The van der Waals surface area contributed by atoms with Crippen LogP contribution < -0.4 is 0 Å². The lowest BCUT2D eigenvalue weighted by Gasteiger charge is -2.11. The predicted molar refractivity (Wildman–Crippen MR) is 62.7 cm³/mol. The summed E-state index contributed by atoms with van der Waals surface area (Å²) in [5.74, 6) is 0.0121. The zero-order chi connectivity index (χ0) is 11.9. The Kier molecular flexibility index (Phi) is 2.42. The number of carbonyl (C=O) groups is 1. The monoisotopic (exact) mass is 217 g/mol. The van der Waals surface area contributed by atoms with Crippen molar-refractivity contribution in [2.24, 2.45) is 0 Å². The number of nitrogens with zero attached hydrogens (tertiary/aromatic N) is 3. The van der Waals surface area contributed by atoms with E-state index in [0.717, 1.165) is 16.9 Å². The smallest absolute Gasteiger partial charge is 0.254 e. The van der Waals surface area contributed by atoms with Crippen LogP contribution in [0.3, 0.4) is 0 Å². The first-order valence-corrected chi connectivity index (χ1v) is 5.16. The molecule has 0 fully saturated rings. The minimum Gasteiger partial charge on any atom is -0.345 e. The molecule has 0 aromatic carbocycles. The van der Waals surface area contributed by atoms with E-state index in [1.54, 1.807) is 19.0 Å². The number of amides is 1. The van der Waals surface area contributed by atoms with Crippen molar-refractivity contribution in [2.45, 2.75) is 13.8 Å². The summed E-state index contributed by atoms with van der Waals surface area (Å²) in [7, 11) is 3.51. The quantitative estimate of drug-likeness (QED) is 0.728. The van der Waals surface area contributed by atoms with E-state index in [-0.39, 0.29) is 5.91 Å². The average Bonchev–Trinajstić information content (AvgIpc) is 2.60. The van der Waals surface area contributed by atoms with E-state index < -0.39 is 0 Å². The fourth-order valence-electron chi connectivity index (χ4n) is 1.75. The summed E-state index contributed by atoms with van der Waals surface area (Å²) in [6.45, 7) is 3.94. The maximum absolute atomic E-state index is 11.9. The fraction of sp³-hybridized carbons (Fsp3) is 0.333. The number of hydrogen-bond acceptors (Lipinski definition) is 2. The molecule has 84 valence electrons.